The Labute approximate surface area is 68.8 Å². The molecule has 0 spiro atoms. The average Bonchev–Trinajstić information content (AvgIpc) is 2.09. The molecule has 58 valence electrons. The molecule has 1 aromatic heterocycles. The van der Waals surface area contributed by atoms with Crippen molar-refractivity contribution in [1.82, 2.24) is 4.98 Å². The van der Waals surface area contributed by atoms with Crippen LogP contribution in [0, 0.1) is 22.7 Å². The van der Waals surface area contributed by atoms with Gasteiger partial charge in [-0.1, -0.05) is 0 Å². The van der Waals surface area contributed by atoms with E-state index in [1.807, 2.05) is 0 Å². The molecule has 12 heavy (non-hydrogen) atoms. The van der Waals surface area contributed by atoms with Gasteiger partial charge in [0.15, 0.2) is 5.69 Å². The van der Waals surface area contributed by atoms with Crippen LogP contribution in [-0.2, 0) is 0 Å². The van der Waals surface area contributed by atoms with Crippen LogP contribution in [0.5, 0.6) is 0 Å². The molecule has 0 fully saturated rings. The monoisotopic (exact) mass is 159 g/mol. The molecule has 0 atom stereocenters. The van der Waals surface area contributed by atoms with Crippen molar-refractivity contribution in [2.24, 2.45) is 0 Å². The van der Waals surface area contributed by atoms with E-state index < -0.39 is 0 Å². The van der Waals surface area contributed by atoms with Gasteiger partial charge in [0.05, 0.1) is 11.3 Å². The predicted octanol–water partition coefficient (Wildman–Crippen LogP) is -0.0106. The Morgan fingerprint density at radius 1 is 1.25 bits per heavy atom. The first-order valence-electron chi connectivity index (χ1n) is 3.05. The Morgan fingerprint density at radius 2 is 1.92 bits per heavy atom. The summed E-state index contributed by atoms with van der Waals surface area (Å²) in [6.07, 6.45) is 0. The van der Waals surface area contributed by atoms with Crippen molar-refractivity contribution < 1.29 is 0 Å². The number of pyridine rings is 1. The molecule has 0 aliphatic carbocycles. The highest BCUT2D eigenvalue weighted by Crippen LogP contribution is 2.15. The molecule has 0 saturated heterocycles. The van der Waals surface area contributed by atoms with Crippen LogP contribution < -0.4 is 11.5 Å². The first-order valence-corrected chi connectivity index (χ1v) is 3.05. The van der Waals surface area contributed by atoms with E-state index in [0.29, 0.717) is 0 Å². The van der Waals surface area contributed by atoms with Gasteiger partial charge in [-0.15, -0.1) is 0 Å². The van der Waals surface area contributed by atoms with Gasteiger partial charge in [-0.25, -0.2) is 4.98 Å². The van der Waals surface area contributed by atoms with Crippen LogP contribution in [0.3, 0.4) is 0 Å². The third-order valence-corrected chi connectivity index (χ3v) is 1.31. The van der Waals surface area contributed by atoms with Gasteiger partial charge in [-0.2, -0.15) is 10.5 Å². The summed E-state index contributed by atoms with van der Waals surface area (Å²) in [5.41, 5.74) is 11.1. The lowest BCUT2D eigenvalue weighted by Crippen LogP contribution is -2.01. The summed E-state index contributed by atoms with van der Waals surface area (Å²) in [4.78, 5) is 3.63. The molecule has 0 aliphatic rings. The Balaban J connectivity index is 3.44. The fourth-order valence-electron chi connectivity index (χ4n) is 0.713. The Bertz CT molecular complexity index is 356. The number of nitrogens with two attached hydrogens (primary N) is 2. The van der Waals surface area contributed by atoms with E-state index in [0.717, 1.165) is 0 Å². The molecule has 1 aromatic rings. The maximum atomic E-state index is 8.53. The van der Waals surface area contributed by atoms with E-state index >= 15 is 0 Å². The quantitative estimate of drug-likeness (QED) is 0.552. The zero-order chi connectivity index (χ0) is 9.14. The minimum absolute atomic E-state index is 0.00389. The number of nitriles is 2. The number of rotatable bonds is 0. The highest BCUT2D eigenvalue weighted by molar-refractivity contribution is 5.63. The highest BCUT2D eigenvalue weighted by atomic mass is 14.9. The molecule has 0 aliphatic heterocycles. The van der Waals surface area contributed by atoms with Crippen LogP contribution in [0.4, 0.5) is 11.5 Å². The largest absolute Gasteiger partial charge is 0.396 e. The van der Waals surface area contributed by atoms with Crippen LogP contribution in [-0.4, -0.2) is 4.98 Å². The molecule has 0 unspecified atom stereocenters. The molecule has 0 bridgehead atoms. The molecular weight excluding hydrogens is 154 g/mol. The lowest BCUT2D eigenvalue weighted by Gasteiger charge is -1.99. The smallest absolute Gasteiger partial charge is 0.160 e. The summed E-state index contributed by atoms with van der Waals surface area (Å²) < 4.78 is 0. The molecule has 0 radical (unpaired) electrons. The zero-order valence-electron chi connectivity index (χ0n) is 6.07. The van der Waals surface area contributed by atoms with Crippen LogP contribution in [0.15, 0.2) is 6.07 Å². The Morgan fingerprint density at radius 3 is 2.42 bits per heavy atom. The fraction of sp³-hybridized carbons (Fsp3) is 0. The van der Waals surface area contributed by atoms with Gasteiger partial charge >= 0.3 is 0 Å². The molecule has 0 saturated carbocycles. The van der Waals surface area contributed by atoms with Gasteiger partial charge in [0.1, 0.15) is 18.0 Å². The number of nitrogen functional groups attached to an aromatic ring is 2. The summed E-state index contributed by atoms with van der Waals surface area (Å²) in [6.45, 7) is 0. The van der Waals surface area contributed by atoms with Gasteiger partial charge < -0.3 is 11.5 Å². The van der Waals surface area contributed by atoms with Gasteiger partial charge in [-0.05, 0) is 6.07 Å². The van der Waals surface area contributed by atoms with Crippen LogP contribution in [0.2, 0.25) is 0 Å². The van der Waals surface area contributed by atoms with Crippen molar-refractivity contribution in [3.63, 3.8) is 0 Å². The van der Waals surface area contributed by atoms with Gasteiger partial charge in [0.2, 0.25) is 0 Å². The third kappa shape index (κ3) is 1.11. The molecule has 0 amide bonds. The zero-order valence-corrected chi connectivity index (χ0v) is 6.07. The van der Waals surface area contributed by atoms with Crippen molar-refractivity contribution in [2.45, 2.75) is 0 Å². The van der Waals surface area contributed by atoms with E-state index in [2.05, 4.69) is 4.98 Å². The van der Waals surface area contributed by atoms with E-state index in [1.165, 1.54) is 6.07 Å². The summed E-state index contributed by atoms with van der Waals surface area (Å²) in [5.74, 6) is 0.0746. The molecular formula is C7H5N5. The Hall–Kier alpha value is -2.27. The topological polar surface area (TPSA) is 113 Å². The van der Waals surface area contributed by atoms with Gasteiger partial charge in [0, 0.05) is 0 Å². The van der Waals surface area contributed by atoms with Crippen LogP contribution >= 0.6 is 0 Å². The maximum Gasteiger partial charge on any atom is 0.160 e. The van der Waals surface area contributed by atoms with E-state index in [1.54, 1.807) is 12.1 Å². The number of hydrogen-bond donors (Lipinski definition) is 2. The predicted molar refractivity (Wildman–Crippen MR) is 42.5 cm³/mol. The van der Waals surface area contributed by atoms with Crippen molar-refractivity contribution in [3.8, 4) is 12.1 Å². The first-order chi connectivity index (χ1) is 5.69. The fourth-order valence-corrected chi connectivity index (χ4v) is 0.713. The summed E-state index contributed by atoms with van der Waals surface area (Å²) in [5, 5.41) is 17.0. The van der Waals surface area contributed by atoms with E-state index in [4.69, 9.17) is 22.0 Å². The number of anilines is 2. The minimum atomic E-state index is 0.00389. The second-order valence-electron chi connectivity index (χ2n) is 2.08. The van der Waals surface area contributed by atoms with Crippen molar-refractivity contribution >= 4 is 11.5 Å². The molecule has 0 aromatic carbocycles. The van der Waals surface area contributed by atoms with Gasteiger partial charge in [-0.3, -0.25) is 0 Å². The second kappa shape index (κ2) is 2.77. The minimum Gasteiger partial charge on any atom is -0.396 e. The Kier molecular flexibility index (Phi) is 1.81. The standard InChI is InChI=1S/C7H5N5/c8-2-4-1-5(10)7(11)12-6(4)3-9/h1H,10H2,(H2,11,12). The summed E-state index contributed by atoms with van der Waals surface area (Å²) >= 11 is 0. The lowest BCUT2D eigenvalue weighted by atomic mass is 10.2. The molecule has 5 heteroatoms. The van der Waals surface area contributed by atoms with Crippen molar-refractivity contribution in [3.05, 3.63) is 17.3 Å². The first kappa shape index (κ1) is 7.83. The third-order valence-electron chi connectivity index (χ3n) is 1.31. The van der Waals surface area contributed by atoms with Crippen molar-refractivity contribution in [1.29, 1.82) is 10.5 Å². The van der Waals surface area contributed by atoms with Crippen LogP contribution in [0.25, 0.3) is 0 Å². The maximum absolute atomic E-state index is 8.53. The molecule has 1 rings (SSSR count). The summed E-state index contributed by atoms with van der Waals surface area (Å²) in [7, 11) is 0. The summed E-state index contributed by atoms with van der Waals surface area (Å²) in [6, 6.07) is 4.87. The van der Waals surface area contributed by atoms with E-state index in [-0.39, 0.29) is 22.8 Å². The molecule has 4 N–H and O–H groups in total. The van der Waals surface area contributed by atoms with Crippen LogP contribution in [0.1, 0.15) is 11.3 Å². The molecule has 5 nitrogen and oxygen atoms in total. The normalized spacial score (nSPS) is 8.50. The SMILES string of the molecule is N#Cc1cc(N)c(N)nc1C#N. The second-order valence-corrected chi connectivity index (χ2v) is 2.08. The molecule has 1 heterocycles. The number of nitrogens with zero attached hydrogens (tertiary/aromatic N) is 3. The lowest BCUT2D eigenvalue weighted by molar-refractivity contribution is 1.25. The average molecular weight is 159 g/mol. The van der Waals surface area contributed by atoms with E-state index in [9.17, 15) is 0 Å². The number of aromatic nitrogens is 1. The highest BCUT2D eigenvalue weighted by Gasteiger charge is 2.05. The van der Waals surface area contributed by atoms with Gasteiger partial charge in [0.25, 0.3) is 0 Å². The number of hydrogen-bond acceptors (Lipinski definition) is 5. The van der Waals surface area contributed by atoms with Crippen molar-refractivity contribution in [2.75, 3.05) is 11.5 Å².